The van der Waals surface area contributed by atoms with Crippen molar-refractivity contribution in [2.75, 3.05) is 13.2 Å². The third kappa shape index (κ3) is 6.91. The first-order chi connectivity index (χ1) is 13.5. The molecule has 0 radical (unpaired) electrons. The van der Waals surface area contributed by atoms with Crippen LogP contribution in [0.15, 0.2) is 48.5 Å². The predicted molar refractivity (Wildman–Crippen MR) is 114 cm³/mol. The molecule has 0 aliphatic heterocycles. The van der Waals surface area contributed by atoms with Gasteiger partial charge in [-0.15, -0.1) is 0 Å². The van der Waals surface area contributed by atoms with Gasteiger partial charge in [-0.3, -0.25) is 4.79 Å². The molecule has 152 valence electrons. The van der Waals surface area contributed by atoms with Crippen LogP contribution in [0, 0.1) is 5.92 Å². The van der Waals surface area contributed by atoms with E-state index >= 15 is 0 Å². The van der Waals surface area contributed by atoms with Gasteiger partial charge in [0.1, 0.15) is 0 Å². The summed E-state index contributed by atoms with van der Waals surface area (Å²) in [6, 6.07) is 16.1. The number of hydrogen-bond acceptors (Lipinski definition) is 3. The lowest BCUT2D eigenvalue weighted by atomic mass is 9.96. The Hall–Kier alpha value is -2.49. The zero-order valence-electron chi connectivity index (χ0n) is 17.5. The second-order valence-corrected chi connectivity index (χ2v) is 7.31. The molecule has 1 unspecified atom stereocenters. The number of rotatable bonds is 11. The van der Waals surface area contributed by atoms with Crippen molar-refractivity contribution in [1.29, 1.82) is 0 Å². The third-order valence-corrected chi connectivity index (χ3v) is 4.49. The van der Waals surface area contributed by atoms with Crippen molar-refractivity contribution in [3.63, 3.8) is 0 Å². The first kappa shape index (κ1) is 21.8. The lowest BCUT2D eigenvalue weighted by Gasteiger charge is -2.21. The van der Waals surface area contributed by atoms with Gasteiger partial charge in [-0.2, -0.15) is 0 Å². The molecule has 1 atom stereocenters. The monoisotopic (exact) mass is 383 g/mol. The Morgan fingerprint density at radius 2 is 1.64 bits per heavy atom. The SMILES string of the molecule is CCOc1ccc(CCC(=O)NC(CC(C)C)c2ccccc2)cc1OCC. The summed E-state index contributed by atoms with van der Waals surface area (Å²) in [4.78, 5) is 12.6. The second-order valence-electron chi connectivity index (χ2n) is 7.31. The van der Waals surface area contributed by atoms with Gasteiger partial charge in [-0.05, 0) is 55.9 Å². The minimum absolute atomic E-state index is 0.0491. The maximum atomic E-state index is 12.6. The molecule has 0 aromatic heterocycles. The summed E-state index contributed by atoms with van der Waals surface area (Å²) in [7, 11) is 0. The van der Waals surface area contributed by atoms with Crippen LogP contribution in [0.3, 0.4) is 0 Å². The molecule has 0 aliphatic carbocycles. The molecule has 1 amide bonds. The molecule has 4 heteroatoms. The van der Waals surface area contributed by atoms with Gasteiger partial charge in [0, 0.05) is 6.42 Å². The predicted octanol–water partition coefficient (Wildman–Crippen LogP) is 5.32. The molecule has 0 saturated heterocycles. The van der Waals surface area contributed by atoms with E-state index in [9.17, 15) is 4.79 Å². The average molecular weight is 384 g/mol. The summed E-state index contributed by atoms with van der Waals surface area (Å²) < 4.78 is 11.3. The van der Waals surface area contributed by atoms with E-state index in [4.69, 9.17) is 9.47 Å². The van der Waals surface area contributed by atoms with Gasteiger partial charge in [-0.1, -0.05) is 50.2 Å². The molecule has 1 N–H and O–H groups in total. The van der Waals surface area contributed by atoms with Gasteiger partial charge in [0.2, 0.25) is 5.91 Å². The molecule has 0 aliphatic rings. The van der Waals surface area contributed by atoms with Gasteiger partial charge in [-0.25, -0.2) is 0 Å². The summed E-state index contributed by atoms with van der Waals surface area (Å²) >= 11 is 0. The Kier molecular flexibility index (Phi) is 8.86. The van der Waals surface area contributed by atoms with Gasteiger partial charge < -0.3 is 14.8 Å². The summed E-state index contributed by atoms with van der Waals surface area (Å²) in [5.41, 5.74) is 2.23. The molecular weight excluding hydrogens is 350 g/mol. The maximum absolute atomic E-state index is 12.6. The van der Waals surface area contributed by atoms with E-state index in [1.165, 1.54) is 0 Å². The van der Waals surface area contributed by atoms with Crippen molar-refractivity contribution in [1.82, 2.24) is 5.32 Å². The number of hydrogen-bond donors (Lipinski definition) is 1. The highest BCUT2D eigenvalue weighted by atomic mass is 16.5. The van der Waals surface area contributed by atoms with Crippen LogP contribution < -0.4 is 14.8 Å². The van der Waals surface area contributed by atoms with Gasteiger partial charge in [0.15, 0.2) is 11.5 Å². The highest BCUT2D eigenvalue weighted by molar-refractivity contribution is 5.76. The molecular formula is C24H33NO3. The fourth-order valence-electron chi connectivity index (χ4n) is 3.21. The first-order valence-corrected chi connectivity index (χ1v) is 10.3. The van der Waals surface area contributed by atoms with Crippen LogP contribution >= 0.6 is 0 Å². The van der Waals surface area contributed by atoms with Crippen LogP contribution in [-0.2, 0) is 11.2 Å². The van der Waals surface area contributed by atoms with Crippen LogP contribution in [0.4, 0.5) is 0 Å². The molecule has 2 aromatic carbocycles. The number of amides is 1. The fourth-order valence-corrected chi connectivity index (χ4v) is 3.21. The number of ether oxygens (including phenoxy) is 2. The molecule has 4 nitrogen and oxygen atoms in total. The van der Waals surface area contributed by atoms with Crippen LogP contribution in [0.5, 0.6) is 11.5 Å². The Bertz CT molecular complexity index is 728. The third-order valence-electron chi connectivity index (χ3n) is 4.49. The normalized spacial score (nSPS) is 11.9. The van der Waals surface area contributed by atoms with Crippen LogP contribution in [0.1, 0.15) is 57.7 Å². The van der Waals surface area contributed by atoms with Crippen LogP contribution in [0.2, 0.25) is 0 Å². The zero-order chi connectivity index (χ0) is 20.4. The molecule has 0 bridgehead atoms. The van der Waals surface area contributed by atoms with Crippen molar-refractivity contribution in [2.45, 2.75) is 53.0 Å². The highest BCUT2D eigenvalue weighted by Gasteiger charge is 2.16. The molecule has 0 spiro atoms. The van der Waals surface area contributed by atoms with Gasteiger partial charge >= 0.3 is 0 Å². The fraction of sp³-hybridized carbons (Fsp3) is 0.458. The summed E-state index contributed by atoms with van der Waals surface area (Å²) in [6.45, 7) is 9.44. The molecule has 0 saturated carbocycles. The first-order valence-electron chi connectivity index (χ1n) is 10.3. The molecule has 0 fully saturated rings. The van der Waals surface area contributed by atoms with E-state index in [1.54, 1.807) is 0 Å². The minimum atomic E-state index is 0.0491. The van der Waals surface area contributed by atoms with Crippen molar-refractivity contribution < 1.29 is 14.3 Å². The van der Waals surface area contributed by atoms with Crippen molar-refractivity contribution in [3.05, 3.63) is 59.7 Å². The Labute approximate surface area is 169 Å². The summed E-state index contributed by atoms with van der Waals surface area (Å²) in [6.07, 6.45) is 2.04. The standard InChI is InChI=1S/C24H33NO3/c1-5-27-22-14-12-19(17-23(22)28-6-2)13-15-24(26)25-21(16-18(3)4)20-10-8-7-9-11-20/h7-12,14,17-18,21H,5-6,13,15-16H2,1-4H3,(H,25,26). The number of aryl methyl sites for hydroxylation is 1. The molecule has 0 heterocycles. The lowest BCUT2D eigenvalue weighted by Crippen LogP contribution is -2.29. The van der Waals surface area contributed by atoms with Gasteiger partial charge in [0.25, 0.3) is 0 Å². The number of nitrogens with one attached hydrogen (secondary N) is 1. The number of carbonyl (C=O) groups is 1. The summed E-state index contributed by atoms with van der Waals surface area (Å²) in [5, 5.41) is 3.21. The Balaban J connectivity index is 1.99. The second kappa shape index (κ2) is 11.4. The van der Waals surface area contributed by atoms with Gasteiger partial charge in [0.05, 0.1) is 19.3 Å². The topological polar surface area (TPSA) is 47.6 Å². The highest BCUT2D eigenvalue weighted by Crippen LogP contribution is 2.29. The Morgan fingerprint density at radius 3 is 2.29 bits per heavy atom. The van der Waals surface area contributed by atoms with E-state index in [0.717, 1.165) is 29.0 Å². The molecule has 2 aromatic rings. The van der Waals surface area contributed by atoms with E-state index in [-0.39, 0.29) is 11.9 Å². The van der Waals surface area contributed by atoms with E-state index < -0.39 is 0 Å². The van der Waals surface area contributed by atoms with E-state index in [1.807, 2.05) is 50.2 Å². The quantitative estimate of drug-likeness (QED) is 0.571. The van der Waals surface area contributed by atoms with E-state index in [2.05, 4.69) is 31.3 Å². The van der Waals surface area contributed by atoms with Crippen LogP contribution in [0.25, 0.3) is 0 Å². The molecule has 2 rings (SSSR count). The number of carbonyl (C=O) groups excluding carboxylic acids is 1. The smallest absolute Gasteiger partial charge is 0.220 e. The van der Waals surface area contributed by atoms with Crippen LogP contribution in [-0.4, -0.2) is 19.1 Å². The van der Waals surface area contributed by atoms with Crippen molar-refractivity contribution in [3.8, 4) is 11.5 Å². The zero-order valence-corrected chi connectivity index (χ0v) is 17.5. The van der Waals surface area contributed by atoms with Crippen molar-refractivity contribution in [2.24, 2.45) is 5.92 Å². The number of benzene rings is 2. The minimum Gasteiger partial charge on any atom is -0.490 e. The maximum Gasteiger partial charge on any atom is 0.220 e. The van der Waals surface area contributed by atoms with Crippen molar-refractivity contribution >= 4 is 5.91 Å². The summed E-state index contributed by atoms with van der Waals surface area (Å²) in [5.74, 6) is 2.06. The largest absolute Gasteiger partial charge is 0.490 e. The van der Waals surface area contributed by atoms with E-state index in [0.29, 0.717) is 32.0 Å². The lowest BCUT2D eigenvalue weighted by molar-refractivity contribution is -0.121. The Morgan fingerprint density at radius 1 is 0.964 bits per heavy atom. The molecule has 28 heavy (non-hydrogen) atoms. The average Bonchev–Trinajstić information content (AvgIpc) is 2.68.